The Labute approximate surface area is 150 Å². The van der Waals surface area contributed by atoms with Crippen molar-refractivity contribution >= 4 is 23.2 Å². The zero-order valence-corrected chi connectivity index (χ0v) is 15.2. The summed E-state index contributed by atoms with van der Waals surface area (Å²) in [5.41, 5.74) is 1.56. The van der Waals surface area contributed by atoms with E-state index >= 15 is 0 Å². The Morgan fingerprint density at radius 1 is 1.36 bits per heavy atom. The maximum absolute atomic E-state index is 12.7. The van der Waals surface area contributed by atoms with Crippen LogP contribution in [0.2, 0.25) is 0 Å². The van der Waals surface area contributed by atoms with Gasteiger partial charge in [0.05, 0.1) is 35.4 Å². The molecule has 1 fully saturated rings. The van der Waals surface area contributed by atoms with Gasteiger partial charge in [-0.15, -0.1) is 11.3 Å². The van der Waals surface area contributed by atoms with Crippen LogP contribution in [0.25, 0.3) is 0 Å². The first-order valence-electron chi connectivity index (χ1n) is 8.29. The normalized spacial score (nSPS) is 16.9. The zero-order valence-electron chi connectivity index (χ0n) is 14.4. The highest BCUT2D eigenvalue weighted by Gasteiger charge is 2.32. The summed E-state index contributed by atoms with van der Waals surface area (Å²) in [5.74, 6) is 0.600. The second kappa shape index (κ2) is 7.69. The van der Waals surface area contributed by atoms with E-state index in [2.05, 4.69) is 20.3 Å². The Balaban J connectivity index is 1.71. The second-order valence-electron chi connectivity index (χ2n) is 6.10. The van der Waals surface area contributed by atoms with Gasteiger partial charge in [0.15, 0.2) is 5.82 Å². The summed E-state index contributed by atoms with van der Waals surface area (Å²) in [7, 11) is 0. The van der Waals surface area contributed by atoms with Gasteiger partial charge in [0, 0.05) is 25.0 Å². The lowest BCUT2D eigenvalue weighted by atomic mass is 10.2. The molecule has 8 heteroatoms. The molecule has 25 heavy (non-hydrogen) atoms. The molecule has 0 unspecified atom stereocenters. The van der Waals surface area contributed by atoms with Gasteiger partial charge >= 0.3 is 0 Å². The fraction of sp³-hybridized carbons (Fsp3) is 0.471. The van der Waals surface area contributed by atoms with Gasteiger partial charge in [-0.1, -0.05) is 0 Å². The minimum Gasteiger partial charge on any atom is -0.351 e. The molecule has 1 aliphatic heterocycles. The first-order valence-corrected chi connectivity index (χ1v) is 9.17. The zero-order chi connectivity index (χ0) is 17.8. The summed E-state index contributed by atoms with van der Waals surface area (Å²) >= 11 is 1.55. The summed E-state index contributed by atoms with van der Waals surface area (Å²) in [4.78, 5) is 38.9. The molecule has 3 rings (SSSR count). The number of aromatic nitrogens is 3. The number of hydrogen-bond acceptors (Lipinski definition) is 6. The van der Waals surface area contributed by atoms with E-state index in [1.807, 2.05) is 17.2 Å². The SMILES string of the molecule is CC(=O)NCc1ccnc([C@@H]2CCCN2C(=O)Cc2csc(C)n2)n1. The van der Waals surface area contributed by atoms with Crippen LogP contribution in [0.4, 0.5) is 0 Å². The van der Waals surface area contributed by atoms with Crippen molar-refractivity contribution in [2.75, 3.05) is 6.54 Å². The van der Waals surface area contributed by atoms with Gasteiger partial charge in [0.25, 0.3) is 0 Å². The molecule has 1 N–H and O–H groups in total. The number of aryl methyl sites for hydroxylation is 1. The van der Waals surface area contributed by atoms with Crippen LogP contribution in [-0.2, 0) is 22.6 Å². The van der Waals surface area contributed by atoms with Crippen LogP contribution in [0, 0.1) is 6.92 Å². The van der Waals surface area contributed by atoms with Crippen LogP contribution in [0.15, 0.2) is 17.6 Å². The number of amides is 2. The lowest BCUT2D eigenvalue weighted by Crippen LogP contribution is -2.33. The van der Waals surface area contributed by atoms with E-state index in [1.165, 1.54) is 6.92 Å². The number of nitrogens with one attached hydrogen (secondary N) is 1. The first-order chi connectivity index (χ1) is 12.0. The molecular formula is C17H21N5O2S. The van der Waals surface area contributed by atoms with E-state index in [0.717, 1.165) is 29.2 Å². The fourth-order valence-corrected chi connectivity index (χ4v) is 3.58. The lowest BCUT2D eigenvalue weighted by molar-refractivity contribution is -0.131. The van der Waals surface area contributed by atoms with E-state index < -0.39 is 0 Å². The molecule has 0 saturated carbocycles. The van der Waals surface area contributed by atoms with Crippen molar-refractivity contribution in [2.45, 2.75) is 45.7 Å². The summed E-state index contributed by atoms with van der Waals surface area (Å²) in [6, 6.07) is 1.67. The van der Waals surface area contributed by atoms with Gasteiger partial charge in [0.2, 0.25) is 11.8 Å². The Kier molecular flexibility index (Phi) is 5.37. The third-order valence-corrected chi connectivity index (χ3v) is 4.94. The molecule has 2 amide bonds. The van der Waals surface area contributed by atoms with Crippen molar-refractivity contribution in [3.05, 3.63) is 39.9 Å². The van der Waals surface area contributed by atoms with Crippen molar-refractivity contribution in [3.8, 4) is 0 Å². The van der Waals surface area contributed by atoms with Crippen LogP contribution in [-0.4, -0.2) is 38.2 Å². The third-order valence-electron chi connectivity index (χ3n) is 4.12. The minimum atomic E-state index is -0.107. The number of likely N-dealkylation sites (tertiary alicyclic amines) is 1. The van der Waals surface area contributed by atoms with Crippen LogP contribution in [0.3, 0.4) is 0 Å². The summed E-state index contributed by atoms with van der Waals surface area (Å²) in [6.45, 7) is 4.49. The Morgan fingerprint density at radius 3 is 2.92 bits per heavy atom. The quantitative estimate of drug-likeness (QED) is 0.879. The Bertz CT molecular complexity index is 776. The van der Waals surface area contributed by atoms with Crippen LogP contribution in [0.1, 0.15) is 48.0 Å². The molecule has 1 aliphatic rings. The summed E-state index contributed by atoms with van der Waals surface area (Å²) in [5, 5.41) is 5.63. The van der Waals surface area contributed by atoms with Gasteiger partial charge in [-0.25, -0.2) is 15.0 Å². The smallest absolute Gasteiger partial charge is 0.229 e. The van der Waals surface area contributed by atoms with Gasteiger partial charge < -0.3 is 10.2 Å². The van der Waals surface area contributed by atoms with E-state index in [-0.39, 0.29) is 17.9 Å². The molecule has 0 aromatic carbocycles. The van der Waals surface area contributed by atoms with Gasteiger partial charge in [-0.3, -0.25) is 9.59 Å². The molecule has 0 radical (unpaired) electrons. The molecular weight excluding hydrogens is 338 g/mol. The largest absolute Gasteiger partial charge is 0.351 e. The van der Waals surface area contributed by atoms with E-state index in [9.17, 15) is 9.59 Å². The van der Waals surface area contributed by atoms with E-state index in [1.54, 1.807) is 23.6 Å². The van der Waals surface area contributed by atoms with Crippen LogP contribution in [0.5, 0.6) is 0 Å². The van der Waals surface area contributed by atoms with Crippen LogP contribution >= 0.6 is 11.3 Å². The van der Waals surface area contributed by atoms with Crippen LogP contribution < -0.4 is 5.32 Å². The molecule has 0 spiro atoms. The topological polar surface area (TPSA) is 88.1 Å². The average molecular weight is 359 g/mol. The highest BCUT2D eigenvalue weighted by atomic mass is 32.1. The molecule has 0 aliphatic carbocycles. The Hall–Kier alpha value is -2.35. The lowest BCUT2D eigenvalue weighted by Gasteiger charge is -2.23. The molecule has 132 valence electrons. The number of thiazole rings is 1. The van der Waals surface area contributed by atoms with E-state index in [0.29, 0.717) is 25.3 Å². The highest BCUT2D eigenvalue weighted by Crippen LogP contribution is 2.30. The number of rotatable bonds is 5. The van der Waals surface area contributed by atoms with Gasteiger partial charge in [0.1, 0.15) is 0 Å². The molecule has 3 heterocycles. The van der Waals surface area contributed by atoms with Crippen molar-refractivity contribution < 1.29 is 9.59 Å². The standard InChI is InChI=1S/C17H21N5O2S/c1-11(23)19-9-13-5-6-18-17(21-13)15-4-3-7-22(15)16(24)8-14-10-25-12(2)20-14/h5-6,10,15H,3-4,7-9H2,1-2H3,(H,19,23)/t15-/m0/s1. The van der Waals surface area contributed by atoms with E-state index in [4.69, 9.17) is 0 Å². The molecule has 2 aromatic rings. The minimum absolute atomic E-state index is 0.0589. The summed E-state index contributed by atoms with van der Waals surface area (Å²) in [6.07, 6.45) is 3.79. The van der Waals surface area contributed by atoms with Gasteiger partial charge in [-0.2, -0.15) is 0 Å². The first kappa shape index (κ1) is 17.5. The fourth-order valence-electron chi connectivity index (χ4n) is 2.97. The second-order valence-corrected chi connectivity index (χ2v) is 7.16. The maximum atomic E-state index is 12.7. The molecule has 1 atom stereocenters. The molecule has 1 saturated heterocycles. The van der Waals surface area contributed by atoms with Crippen molar-refractivity contribution in [2.24, 2.45) is 0 Å². The number of carbonyl (C=O) groups excluding carboxylic acids is 2. The van der Waals surface area contributed by atoms with Crippen molar-refractivity contribution in [1.82, 2.24) is 25.2 Å². The number of nitrogens with zero attached hydrogens (tertiary/aromatic N) is 4. The van der Waals surface area contributed by atoms with Crippen molar-refractivity contribution in [3.63, 3.8) is 0 Å². The molecule has 0 bridgehead atoms. The van der Waals surface area contributed by atoms with Crippen molar-refractivity contribution in [1.29, 1.82) is 0 Å². The average Bonchev–Trinajstić information content (AvgIpc) is 3.22. The third kappa shape index (κ3) is 4.39. The number of hydrogen-bond donors (Lipinski definition) is 1. The molecule has 7 nitrogen and oxygen atoms in total. The molecule has 2 aromatic heterocycles. The Morgan fingerprint density at radius 2 is 2.20 bits per heavy atom. The summed E-state index contributed by atoms with van der Waals surface area (Å²) < 4.78 is 0. The highest BCUT2D eigenvalue weighted by molar-refractivity contribution is 7.09. The maximum Gasteiger partial charge on any atom is 0.229 e. The monoisotopic (exact) mass is 359 g/mol. The predicted molar refractivity (Wildman–Crippen MR) is 93.8 cm³/mol. The number of carbonyl (C=O) groups is 2. The predicted octanol–water partition coefficient (Wildman–Crippen LogP) is 1.78. The van der Waals surface area contributed by atoms with Gasteiger partial charge in [-0.05, 0) is 25.8 Å².